The van der Waals surface area contributed by atoms with Gasteiger partial charge < -0.3 is 15.7 Å². The highest BCUT2D eigenvalue weighted by Gasteiger charge is 2.26. The molecule has 0 rings (SSSR count). The van der Waals surface area contributed by atoms with E-state index in [1.54, 1.807) is 13.8 Å². The fraction of sp³-hybridized carbons (Fsp3) is 0.833. The molecule has 6 heteroatoms. The molecule has 0 aromatic heterocycles. The summed E-state index contributed by atoms with van der Waals surface area (Å²) in [6.45, 7) is 7.93. The summed E-state index contributed by atoms with van der Waals surface area (Å²) in [4.78, 5) is 22.9. The van der Waals surface area contributed by atoms with Crippen LogP contribution in [-0.4, -0.2) is 41.8 Å². The Hall–Kier alpha value is -1.14. The zero-order valence-corrected chi connectivity index (χ0v) is 11.7. The average molecular weight is 259 g/mol. The van der Waals surface area contributed by atoms with Gasteiger partial charge in [-0.3, -0.25) is 10.1 Å². The first-order valence-corrected chi connectivity index (χ1v) is 6.35. The van der Waals surface area contributed by atoms with Crippen molar-refractivity contribution in [2.24, 2.45) is 0 Å². The highest BCUT2D eigenvalue weighted by Crippen LogP contribution is 2.14. The van der Waals surface area contributed by atoms with Gasteiger partial charge in [0, 0.05) is 18.7 Å². The monoisotopic (exact) mass is 259 g/mol. The Bertz CT molecular complexity index is 284. The maximum Gasteiger partial charge on any atom is 0.321 e. The summed E-state index contributed by atoms with van der Waals surface area (Å²) in [5.74, 6) is -0.376. The summed E-state index contributed by atoms with van der Waals surface area (Å²) < 4.78 is 0. The van der Waals surface area contributed by atoms with Crippen molar-refractivity contribution in [2.45, 2.75) is 52.1 Å². The lowest BCUT2D eigenvalue weighted by Gasteiger charge is -2.32. The Morgan fingerprint density at radius 1 is 1.33 bits per heavy atom. The third kappa shape index (κ3) is 5.97. The fourth-order valence-corrected chi connectivity index (χ4v) is 1.61. The van der Waals surface area contributed by atoms with Gasteiger partial charge in [-0.25, -0.2) is 4.79 Å². The first kappa shape index (κ1) is 16.9. The van der Waals surface area contributed by atoms with Gasteiger partial charge in [-0.2, -0.15) is 0 Å². The number of aliphatic hydroxyl groups excluding tert-OH is 1. The van der Waals surface area contributed by atoms with Crippen molar-refractivity contribution in [1.29, 1.82) is 0 Å². The van der Waals surface area contributed by atoms with E-state index in [0.717, 1.165) is 6.42 Å². The van der Waals surface area contributed by atoms with Crippen LogP contribution in [0.1, 0.15) is 40.5 Å². The van der Waals surface area contributed by atoms with Gasteiger partial charge in [0.2, 0.25) is 5.91 Å². The van der Waals surface area contributed by atoms with E-state index in [-0.39, 0.29) is 18.1 Å². The lowest BCUT2D eigenvalue weighted by molar-refractivity contribution is -0.122. The SMILES string of the molecule is CCNC(=O)NC(=O)C(C)NC(C)(CC)CCO. The lowest BCUT2D eigenvalue weighted by atomic mass is 9.94. The average Bonchev–Trinajstić information content (AvgIpc) is 2.29. The van der Waals surface area contributed by atoms with E-state index in [1.807, 2.05) is 13.8 Å². The molecule has 0 heterocycles. The second kappa shape index (κ2) is 8.05. The van der Waals surface area contributed by atoms with Gasteiger partial charge in [0.15, 0.2) is 0 Å². The quantitative estimate of drug-likeness (QED) is 0.531. The number of urea groups is 1. The van der Waals surface area contributed by atoms with E-state index < -0.39 is 12.1 Å². The Balaban J connectivity index is 4.33. The fourth-order valence-electron chi connectivity index (χ4n) is 1.61. The van der Waals surface area contributed by atoms with Crippen LogP contribution in [-0.2, 0) is 4.79 Å². The first-order chi connectivity index (χ1) is 8.38. The highest BCUT2D eigenvalue weighted by atomic mass is 16.3. The zero-order chi connectivity index (χ0) is 14.2. The molecule has 0 aromatic rings. The van der Waals surface area contributed by atoms with Crippen molar-refractivity contribution in [1.82, 2.24) is 16.0 Å². The number of nitrogens with one attached hydrogen (secondary N) is 3. The molecule has 3 amide bonds. The van der Waals surface area contributed by atoms with E-state index in [9.17, 15) is 9.59 Å². The van der Waals surface area contributed by atoms with Gasteiger partial charge in [0.25, 0.3) is 0 Å². The standard InChI is InChI=1S/C12H25N3O3/c1-5-12(4,7-8-16)15-9(3)10(17)14-11(18)13-6-2/h9,15-16H,5-8H2,1-4H3,(H2,13,14,17,18). The zero-order valence-electron chi connectivity index (χ0n) is 11.7. The topological polar surface area (TPSA) is 90.5 Å². The van der Waals surface area contributed by atoms with Crippen molar-refractivity contribution in [2.75, 3.05) is 13.2 Å². The summed E-state index contributed by atoms with van der Waals surface area (Å²) in [6.07, 6.45) is 1.34. The van der Waals surface area contributed by atoms with Crippen LogP contribution in [0.5, 0.6) is 0 Å². The largest absolute Gasteiger partial charge is 0.396 e. The molecule has 0 spiro atoms. The van der Waals surface area contributed by atoms with Crippen LogP contribution < -0.4 is 16.0 Å². The van der Waals surface area contributed by atoms with Gasteiger partial charge in [-0.1, -0.05) is 6.92 Å². The predicted molar refractivity (Wildman–Crippen MR) is 70.2 cm³/mol. The van der Waals surface area contributed by atoms with Crippen molar-refractivity contribution in [3.8, 4) is 0 Å². The number of carbonyl (C=O) groups is 2. The van der Waals surface area contributed by atoms with Gasteiger partial charge in [0.05, 0.1) is 6.04 Å². The molecule has 0 aliphatic heterocycles. The number of imide groups is 1. The molecule has 0 radical (unpaired) electrons. The normalized spacial score (nSPS) is 15.6. The second-order valence-corrected chi connectivity index (χ2v) is 4.60. The van der Waals surface area contributed by atoms with Crippen molar-refractivity contribution < 1.29 is 14.7 Å². The Kier molecular flexibility index (Phi) is 7.54. The van der Waals surface area contributed by atoms with E-state index >= 15 is 0 Å². The Morgan fingerprint density at radius 3 is 2.39 bits per heavy atom. The van der Waals surface area contributed by atoms with Crippen LogP contribution >= 0.6 is 0 Å². The van der Waals surface area contributed by atoms with Gasteiger partial charge in [0.1, 0.15) is 0 Å². The summed E-state index contributed by atoms with van der Waals surface area (Å²) in [5.41, 5.74) is -0.313. The predicted octanol–water partition coefficient (Wildman–Crippen LogP) is 0.361. The summed E-state index contributed by atoms with van der Waals surface area (Å²) in [6, 6.07) is -0.986. The second-order valence-electron chi connectivity index (χ2n) is 4.60. The minimum absolute atomic E-state index is 0.0575. The molecular formula is C12H25N3O3. The molecular weight excluding hydrogens is 234 g/mol. The number of amides is 3. The van der Waals surface area contributed by atoms with Crippen molar-refractivity contribution in [3.05, 3.63) is 0 Å². The molecule has 2 atom stereocenters. The van der Waals surface area contributed by atoms with Crippen LogP contribution in [0.25, 0.3) is 0 Å². The molecule has 6 nitrogen and oxygen atoms in total. The number of aliphatic hydroxyl groups is 1. The third-order valence-electron chi connectivity index (χ3n) is 2.98. The van der Waals surface area contributed by atoms with Crippen LogP contribution in [0.3, 0.4) is 0 Å². The molecule has 0 aliphatic rings. The molecule has 2 unspecified atom stereocenters. The molecule has 18 heavy (non-hydrogen) atoms. The molecule has 0 fully saturated rings. The molecule has 0 bridgehead atoms. The van der Waals surface area contributed by atoms with E-state index in [1.165, 1.54) is 0 Å². The van der Waals surface area contributed by atoms with Crippen molar-refractivity contribution in [3.63, 3.8) is 0 Å². The Labute approximate surface area is 109 Å². The molecule has 0 saturated heterocycles. The summed E-state index contributed by atoms with van der Waals surface area (Å²) in [7, 11) is 0. The van der Waals surface area contributed by atoms with Gasteiger partial charge in [-0.15, -0.1) is 0 Å². The maximum atomic E-state index is 11.7. The Morgan fingerprint density at radius 2 is 1.94 bits per heavy atom. The smallest absolute Gasteiger partial charge is 0.321 e. The number of rotatable bonds is 7. The molecule has 0 aliphatic carbocycles. The van der Waals surface area contributed by atoms with Crippen molar-refractivity contribution >= 4 is 11.9 Å². The van der Waals surface area contributed by atoms with Crippen LogP contribution in [0.15, 0.2) is 0 Å². The minimum Gasteiger partial charge on any atom is -0.396 e. The molecule has 0 saturated carbocycles. The highest BCUT2D eigenvalue weighted by molar-refractivity contribution is 5.96. The van der Waals surface area contributed by atoms with Gasteiger partial charge in [-0.05, 0) is 33.6 Å². The third-order valence-corrected chi connectivity index (χ3v) is 2.98. The lowest BCUT2D eigenvalue weighted by Crippen LogP contribution is -2.55. The molecule has 0 aromatic carbocycles. The number of hydrogen-bond acceptors (Lipinski definition) is 4. The minimum atomic E-state index is -0.496. The van der Waals surface area contributed by atoms with Gasteiger partial charge >= 0.3 is 6.03 Å². The summed E-state index contributed by atoms with van der Waals surface area (Å²) >= 11 is 0. The van der Waals surface area contributed by atoms with Crippen LogP contribution in [0.4, 0.5) is 4.79 Å². The number of carbonyl (C=O) groups excluding carboxylic acids is 2. The van der Waals surface area contributed by atoms with Crippen LogP contribution in [0, 0.1) is 0 Å². The van der Waals surface area contributed by atoms with E-state index in [0.29, 0.717) is 13.0 Å². The maximum absolute atomic E-state index is 11.7. The van der Waals surface area contributed by atoms with E-state index in [4.69, 9.17) is 5.11 Å². The van der Waals surface area contributed by atoms with Crippen LogP contribution in [0.2, 0.25) is 0 Å². The summed E-state index contributed by atoms with van der Waals surface area (Å²) in [5, 5.41) is 16.9. The molecule has 4 N–H and O–H groups in total. The number of hydrogen-bond donors (Lipinski definition) is 4. The molecule has 106 valence electrons. The van der Waals surface area contributed by atoms with E-state index in [2.05, 4.69) is 16.0 Å². The first-order valence-electron chi connectivity index (χ1n) is 6.35.